The van der Waals surface area contributed by atoms with Crippen molar-refractivity contribution in [2.24, 2.45) is 0 Å². The van der Waals surface area contributed by atoms with Crippen molar-refractivity contribution >= 4 is 17.3 Å². The highest BCUT2D eigenvalue weighted by molar-refractivity contribution is 7.11. The second-order valence-corrected chi connectivity index (χ2v) is 4.88. The zero-order valence-corrected chi connectivity index (χ0v) is 9.02. The molecule has 0 amide bonds. The highest BCUT2D eigenvalue weighted by Crippen LogP contribution is 2.28. The van der Waals surface area contributed by atoms with Gasteiger partial charge in [-0.1, -0.05) is 0 Å². The average molecular weight is 229 g/mol. The number of fused-ring (bicyclic) bond motifs is 1. The van der Waals surface area contributed by atoms with E-state index in [1.165, 1.54) is 11.3 Å². The van der Waals surface area contributed by atoms with Crippen LogP contribution in [0, 0.1) is 0 Å². The summed E-state index contributed by atoms with van der Waals surface area (Å²) in [6.07, 6.45) is 1.52. The minimum absolute atomic E-state index is 0.103. The maximum Gasteiger partial charge on any atom is 0.303 e. The maximum atomic E-state index is 13.1. The quantitative estimate of drug-likeness (QED) is 0.862. The molecule has 1 unspecified atom stereocenters. The van der Waals surface area contributed by atoms with Crippen LogP contribution in [-0.4, -0.2) is 22.2 Å². The summed E-state index contributed by atoms with van der Waals surface area (Å²) < 4.78 is 13.1. The molecule has 3 nitrogen and oxygen atoms in total. The lowest BCUT2D eigenvalue weighted by Gasteiger charge is -2.12. The molecule has 1 aliphatic carbocycles. The lowest BCUT2D eigenvalue weighted by molar-refractivity contribution is -0.136. The number of aromatic nitrogens is 1. The van der Waals surface area contributed by atoms with Gasteiger partial charge in [0.1, 0.15) is 6.17 Å². The Morgan fingerprint density at radius 3 is 3.20 bits per heavy atom. The number of aryl methyl sites for hydroxylation is 2. The van der Waals surface area contributed by atoms with Crippen molar-refractivity contribution in [1.29, 1.82) is 0 Å². The Hall–Kier alpha value is -0.970. The standard InChI is InChI=1S/C10H12FNO2S/c11-6-1-2-7-8(5-6)15-9(12-7)3-4-10(13)14/h6H,1-5H2,(H,13,14). The molecule has 0 spiro atoms. The summed E-state index contributed by atoms with van der Waals surface area (Å²) in [5.74, 6) is -0.813. The minimum atomic E-state index is -0.813. The summed E-state index contributed by atoms with van der Waals surface area (Å²) in [4.78, 5) is 15.7. The molecule has 5 heteroatoms. The zero-order valence-electron chi connectivity index (χ0n) is 8.20. The van der Waals surface area contributed by atoms with E-state index in [-0.39, 0.29) is 6.42 Å². The predicted octanol–water partition coefficient (Wildman–Crippen LogP) is 1.99. The molecule has 0 saturated heterocycles. The van der Waals surface area contributed by atoms with Gasteiger partial charge in [0.15, 0.2) is 0 Å². The SMILES string of the molecule is O=C(O)CCc1nc2c(s1)CC(F)CC2. The topological polar surface area (TPSA) is 50.2 Å². The fraction of sp³-hybridized carbons (Fsp3) is 0.600. The molecule has 1 aliphatic rings. The first-order valence-corrected chi connectivity index (χ1v) is 5.80. The van der Waals surface area contributed by atoms with E-state index in [0.717, 1.165) is 15.6 Å². The van der Waals surface area contributed by atoms with Crippen molar-refractivity contribution in [2.45, 2.75) is 38.3 Å². The van der Waals surface area contributed by atoms with Gasteiger partial charge in [0.25, 0.3) is 0 Å². The highest BCUT2D eigenvalue weighted by Gasteiger charge is 2.21. The van der Waals surface area contributed by atoms with E-state index in [1.54, 1.807) is 0 Å². The Labute approximate surface area is 91.0 Å². The molecule has 0 saturated carbocycles. The number of carbonyl (C=O) groups is 1. The van der Waals surface area contributed by atoms with Crippen molar-refractivity contribution < 1.29 is 14.3 Å². The molecular formula is C10H12FNO2S. The number of hydrogen-bond acceptors (Lipinski definition) is 3. The number of rotatable bonds is 3. The maximum absolute atomic E-state index is 13.1. The molecule has 0 bridgehead atoms. The van der Waals surface area contributed by atoms with Gasteiger partial charge in [-0.15, -0.1) is 11.3 Å². The van der Waals surface area contributed by atoms with Crippen LogP contribution in [0.2, 0.25) is 0 Å². The van der Waals surface area contributed by atoms with Crippen LogP contribution in [-0.2, 0) is 24.1 Å². The molecule has 0 fully saturated rings. The van der Waals surface area contributed by atoms with Crippen LogP contribution in [0.25, 0.3) is 0 Å². The Balaban J connectivity index is 2.06. The summed E-state index contributed by atoms with van der Waals surface area (Å²) in [5.41, 5.74) is 0.981. The Kier molecular flexibility index (Phi) is 3.00. The summed E-state index contributed by atoms with van der Waals surface area (Å²) in [6.45, 7) is 0. The van der Waals surface area contributed by atoms with Crippen LogP contribution in [0.4, 0.5) is 4.39 Å². The van der Waals surface area contributed by atoms with Gasteiger partial charge in [-0.25, -0.2) is 9.37 Å². The first kappa shape index (κ1) is 10.5. The molecule has 1 aromatic heterocycles. The van der Waals surface area contributed by atoms with E-state index in [2.05, 4.69) is 4.98 Å². The number of hydrogen-bond donors (Lipinski definition) is 1. The van der Waals surface area contributed by atoms with E-state index >= 15 is 0 Å². The van der Waals surface area contributed by atoms with E-state index < -0.39 is 12.1 Å². The average Bonchev–Trinajstić information content (AvgIpc) is 2.56. The molecule has 1 heterocycles. The molecule has 82 valence electrons. The molecule has 0 aliphatic heterocycles. The number of aliphatic carboxylic acids is 1. The number of carboxylic acid groups (broad SMARTS) is 1. The van der Waals surface area contributed by atoms with Crippen LogP contribution in [0.15, 0.2) is 0 Å². The first-order valence-electron chi connectivity index (χ1n) is 4.98. The largest absolute Gasteiger partial charge is 0.481 e. The zero-order chi connectivity index (χ0) is 10.8. The fourth-order valence-electron chi connectivity index (χ4n) is 1.71. The highest BCUT2D eigenvalue weighted by atomic mass is 32.1. The van der Waals surface area contributed by atoms with Gasteiger partial charge in [-0.05, 0) is 12.8 Å². The predicted molar refractivity (Wildman–Crippen MR) is 55.0 cm³/mol. The number of alkyl halides is 1. The number of thiazole rings is 1. The van der Waals surface area contributed by atoms with E-state index in [9.17, 15) is 9.18 Å². The van der Waals surface area contributed by atoms with E-state index in [4.69, 9.17) is 5.11 Å². The Bertz CT molecular complexity index is 377. The van der Waals surface area contributed by atoms with Gasteiger partial charge in [-0.3, -0.25) is 4.79 Å². The summed E-state index contributed by atoms with van der Waals surface area (Å²) in [7, 11) is 0. The van der Waals surface area contributed by atoms with Crippen molar-refractivity contribution in [2.75, 3.05) is 0 Å². The number of halogens is 1. The third-order valence-corrected chi connectivity index (χ3v) is 3.66. The van der Waals surface area contributed by atoms with Crippen LogP contribution in [0.5, 0.6) is 0 Å². The third-order valence-electron chi connectivity index (χ3n) is 2.48. The van der Waals surface area contributed by atoms with Gasteiger partial charge < -0.3 is 5.11 Å². The Morgan fingerprint density at radius 1 is 1.67 bits per heavy atom. The number of carboxylic acids is 1. The summed E-state index contributed by atoms with van der Waals surface area (Å²) >= 11 is 1.47. The van der Waals surface area contributed by atoms with Crippen molar-refractivity contribution in [3.63, 3.8) is 0 Å². The van der Waals surface area contributed by atoms with Gasteiger partial charge in [0.2, 0.25) is 0 Å². The lowest BCUT2D eigenvalue weighted by atomic mass is 10.0. The normalized spacial score (nSPS) is 19.9. The summed E-state index contributed by atoms with van der Waals surface area (Å²) in [5, 5.41) is 9.37. The smallest absolute Gasteiger partial charge is 0.303 e. The summed E-state index contributed by atoms with van der Waals surface area (Å²) in [6, 6.07) is 0. The van der Waals surface area contributed by atoms with Crippen molar-refractivity contribution in [3.8, 4) is 0 Å². The lowest BCUT2D eigenvalue weighted by Crippen LogP contribution is -2.12. The second-order valence-electron chi connectivity index (χ2n) is 3.71. The second kappa shape index (κ2) is 4.26. The van der Waals surface area contributed by atoms with E-state index in [1.807, 2.05) is 0 Å². The van der Waals surface area contributed by atoms with Crippen molar-refractivity contribution in [1.82, 2.24) is 4.98 Å². The van der Waals surface area contributed by atoms with E-state index in [0.29, 0.717) is 25.7 Å². The van der Waals surface area contributed by atoms with Crippen molar-refractivity contribution in [3.05, 3.63) is 15.6 Å². The molecule has 1 aromatic rings. The van der Waals surface area contributed by atoms with Crippen LogP contribution in [0.3, 0.4) is 0 Å². The molecule has 15 heavy (non-hydrogen) atoms. The monoisotopic (exact) mass is 229 g/mol. The van der Waals surface area contributed by atoms with Crippen LogP contribution < -0.4 is 0 Å². The minimum Gasteiger partial charge on any atom is -0.481 e. The van der Waals surface area contributed by atoms with Crippen LogP contribution >= 0.6 is 11.3 Å². The molecule has 1 atom stereocenters. The molecule has 0 radical (unpaired) electrons. The van der Waals surface area contributed by atoms with Gasteiger partial charge in [-0.2, -0.15) is 0 Å². The third kappa shape index (κ3) is 2.53. The molecular weight excluding hydrogens is 217 g/mol. The fourth-order valence-corrected chi connectivity index (χ4v) is 2.88. The molecule has 0 aromatic carbocycles. The molecule has 1 N–H and O–H groups in total. The Morgan fingerprint density at radius 2 is 2.47 bits per heavy atom. The van der Waals surface area contributed by atoms with Gasteiger partial charge >= 0.3 is 5.97 Å². The molecule has 2 rings (SSSR count). The first-order chi connectivity index (χ1) is 7.15. The number of nitrogens with zero attached hydrogens (tertiary/aromatic N) is 1. The van der Waals surface area contributed by atoms with Crippen LogP contribution in [0.1, 0.15) is 28.4 Å². The van der Waals surface area contributed by atoms with Gasteiger partial charge in [0, 0.05) is 17.7 Å². The van der Waals surface area contributed by atoms with Gasteiger partial charge in [0.05, 0.1) is 17.1 Å².